The van der Waals surface area contributed by atoms with Gasteiger partial charge in [-0.15, -0.1) is 0 Å². The molecule has 1 aliphatic rings. The fourth-order valence-corrected chi connectivity index (χ4v) is 4.50. The third-order valence-corrected chi connectivity index (χ3v) is 6.47. The number of fused-ring (bicyclic) bond motifs is 1. The van der Waals surface area contributed by atoms with Crippen LogP contribution in [0.2, 0.25) is 0 Å². The van der Waals surface area contributed by atoms with Crippen molar-refractivity contribution in [3.63, 3.8) is 0 Å². The van der Waals surface area contributed by atoms with Gasteiger partial charge in [-0.25, -0.2) is 9.37 Å². The van der Waals surface area contributed by atoms with Crippen LogP contribution >= 0.6 is 0 Å². The molecule has 0 aliphatic carbocycles. The smallest absolute Gasteiger partial charge is 0.394 e. The predicted octanol–water partition coefficient (Wildman–Crippen LogP) is 3.73. The number of rotatable bonds is 7. The third kappa shape index (κ3) is 6.72. The van der Waals surface area contributed by atoms with Crippen molar-refractivity contribution >= 4 is 22.9 Å². The monoisotopic (exact) mass is 546 g/mol. The Morgan fingerprint density at radius 2 is 2.05 bits per heavy atom. The number of carbonyl (C=O) groups excluding carboxylic acids is 1. The second-order valence-corrected chi connectivity index (χ2v) is 9.28. The first-order valence-corrected chi connectivity index (χ1v) is 12.4. The Hall–Kier alpha value is -3.98. The fourth-order valence-electron chi connectivity index (χ4n) is 4.50. The normalized spacial score (nSPS) is 17.8. The molecule has 8 nitrogen and oxygen atoms in total. The highest BCUT2D eigenvalue weighted by Crippen LogP contribution is 2.29. The van der Waals surface area contributed by atoms with Gasteiger partial charge in [0.05, 0.1) is 43.2 Å². The van der Waals surface area contributed by atoms with Crippen molar-refractivity contribution in [3.05, 3.63) is 53.5 Å². The number of aromatic nitrogens is 2. The predicted molar refractivity (Wildman–Crippen MR) is 141 cm³/mol. The van der Waals surface area contributed by atoms with E-state index in [0.717, 1.165) is 0 Å². The zero-order valence-corrected chi connectivity index (χ0v) is 21.8. The van der Waals surface area contributed by atoms with E-state index in [0.29, 0.717) is 35.7 Å². The number of benzene rings is 1. The topological polar surface area (TPSA) is 82.9 Å². The van der Waals surface area contributed by atoms with Gasteiger partial charge < -0.3 is 30.0 Å². The number of methoxy groups -OCH3 is 1. The van der Waals surface area contributed by atoms with Crippen LogP contribution in [-0.4, -0.2) is 79.4 Å². The summed E-state index contributed by atoms with van der Waals surface area (Å²) in [6.45, 7) is 1.06. The van der Waals surface area contributed by atoms with Crippen LogP contribution in [-0.2, 0) is 6.42 Å². The Labute approximate surface area is 223 Å². The molecule has 1 amide bonds. The molecule has 3 N–H and O–H groups in total. The summed E-state index contributed by atoms with van der Waals surface area (Å²) >= 11 is 0. The maximum atomic E-state index is 14.6. The van der Waals surface area contributed by atoms with Crippen molar-refractivity contribution in [2.45, 2.75) is 31.2 Å². The maximum Gasteiger partial charge on any atom is 0.394 e. The lowest BCUT2D eigenvalue weighted by Crippen LogP contribution is -2.46. The Kier molecular flexibility index (Phi) is 8.50. The number of pyridine rings is 1. The molecular formula is C27H30F4N6O2. The molecule has 3 heterocycles. The largest absolute Gasteiger partial charge is 0.495 e. The molecule has 1 fully saturated rings. The van der Waals surface area contributed by atoms with Gasteiger partial charge in [0.1, 0.15) is 17.6 Å². The van der Waals surface area contributed by atoms with Crippen molar-refractivity contribution in [1.82, 2.24) is 19.6 Å². The number of nitrogens with one attached hydrogen (secondary N) is 3. The van der Waals surface area contributed by atoms with E-state index in [1.165, 1.54) is 24.8 Å². The van der Waals surface area contributed by atoms with Gasteiger partial charge in [0, 0.05) is 31.9 Å². The van der Waals surface area contributed by atoms with Gasteiger partial charge in [0.25, 0.3) is 5.91 Å². The summed E-state index contributed by atoms with van der Waals surface area (Å²) in [5.74, 6) is 5.73. The molecule has 0 spiro atoms. The number of ether oxygens (including phenoxy) is 1. The molecule has 208 valence electrons. The molecule has 0 saturated carbocycles. The fraction of sp³-hybridized carbons (Fsp3) is 0.407. The zero-order chi connectivity index (χ0) is 28.2. The van der Waals surface area contributed by atoms with E-state index in [-0.39, 0.29) is 36.0 Å². The average molecular weight is 547 g/mol. The molecule has 0 radical (unpaired) electrons. The number of alkyl halides is 4. The van der Waals surface area contributed by atoms with E-state index < -0.39 is 24.8 Å². The summed E-state index contributed by atoms with van der Waals surface area (Å²) in [6, 6.07) is 7.65. The quantitative estimate of drug-likeness (QED) is 0.310. The molecule has 2 atom stereocenters. The minimum atomic E-state index is -4.48. The number of amides is 1. The Balaban J connectivity index is 1.59. The van der Waals surface area contributed by atoms with Crippen LogP contribution in [0, 0.1) is 11.8 Å². The number of piperidine rings is 1. The van der Waals surface area contributed by atoms with Gasteiger partial charge in [0.2, 0.25) is 0 Å². The van der Waals surface area contributed by atoms with E-state index in [9.17, 15) is 22.4 Å². The summed E-state index contributed by atoms with van der Waals surface area (Å²) in [4.78, 5) is 18.2. The van der Waals surface area contributed by atoms with Gasteiger partial charge in [-0.1, -0.05) is 5.92 Å². The van der Waals surface area contributed by atoms with Crippen molar-refractivity contribution in [3.8, 4) is 17.6 Å². The summed E-state index contributed by atoms with van der Waals surface area (Å²) in [5, 5.41) is 8.73. The number of nitrogens with zero attached hydrogens (tertiary/aromatic N) is 3. The average Bonchev–Trinajstić information content (AvgIpc) is 3.24. The van der Waals surface area contributed by atoms with Crippen LogP contribution in [0.15, 0.2) is 36.5 Å². The van der Waals surface area contributed by atoms with Gasteiger partial charge in [-0.3, -0.25) is 4.79 Å². The van der Waals surface area contributed by atoms with Crippen molar-refractivity contribution in [2.75, 3.05) is 51.5 Å². The van der Waals surface area contributed by atoms with Gasteiger partial charge in [-0.05, 0) is 49.7 Å². The third-order valence-electron chi connectivity index (χ3n) is 6.47. The minimum Gasteiger partial charge on any atom is -0.495 e. The number of hydrogen-bond acceptors (Lipinski definition) is 6. The van der Waals surface area contributed by atoms with E-state index >= 15 is 0 Å². The van der Waals surface area contributed by atoms with Gasteiger partial charge in [0.15, 0.2) is 5.65 Å². The van der Waals surface area contributed by atoms with Gasteiger partial charge >= 0.3 is 6.18 Å². The Bertz CT molecular complexity index is 1390. The molecule has 4 rings (SSSR count). The highest BCUT2D eigenvalue weighted by molar-refractivity contribution is 5.95. The molecule has 1 aliphatic heterocycles. The lowest BCUT2D eigenvalue weighted by atomic mass is 10.0. The van der Waals surface area contributed by atoms with Crippen molar-refractivity contribution in [2.24, 2.45) is 0 Å². The second kappa shape index (κ2) is 11.8. The van der Waals surface area contributed by atoms with Crippen LogP contribution in [0.3, 0.4) is 0 Å². The van der Waals surface area contributed by atoms with Crippen LogP contribution in [0.25, 0.3) is 5.65 Å². The number of anilines is 2. The lowest BCUT2D eigenvalue weighted by molar-refractivity contribution is -0.128. The first kappa shape index (κ1) is 28.0. The molecule has 39 heavy (non-hydrogen) atoms. The molecule has 1 saturated heterocycles. The van der Waals surface area contributed by atoms with Gasteiger partial charge in [-0.2, -0.15) is 13.2 Å². The van der Waals surface area contributed by atoms with E-state index in [1.807, 2.05) is 11.9 Å². The highest BCUT2D eigenvalue weighted by Gasteiger charge is 2.32. The number of likely N-dealkylation sites (tertiary alicyclic amines) is 1. The Morgan fingerprint density at radius 3 is 2.74 bits per heavy atom. The first-order chi connectivity index (χ1) is 18.6. The lowest BCUT2D eigenvalue weighted by Gasteiger charge is -2.33. The molecule has 0 unspecified atom stereocenters. The molecule has 0 bridgehead atoms. The number of hydrogen-bond donors (Lipinski definition) is 3. The van der Waals surface area contributed by atoms with E-state index in [1.54, 1.807) is 30.3 Å². The summed E-state index contributed by atoms with van der Waals surface area (Å²) in [6.07, 6.45) is -4.77. The molecule has 1 aromatic carbocycles. The summed E-state index contributed by atoms with van der Waals surface area (Å²) in [5.41, 5.74) is 1.58. The maximum absolute atomic E-state index is 14.6. The van der Waals surface area contributed by atoms with E-state index in [2.05, 4.69) is 32.8 Å². The van der Waals surface area contributed by atoms with Crippen LogP contribution in [0.5, 0.6) is 5.75 Å². The zero-order valence-electron chi connectivity index (χ0n) is 21.8. The van der Waals surface area contributed by atoms with Crippen LogP contribution < -0.4 is 20.7 Å². The molecule has 2 aromatic heterocycles. The SMILES string of the molecule is CNC(=O)c1ccc(NCC#Cc2nc3c(N[C@@H]4CCN(C)C[C@@H]4F)cccn3c2CC(F)(F)F)c(OC)c1. The minimum absolute atomic E-state index is 0.00881. The van der Waals surface area contributed by atoms with Crippen LogP contribution in [0.1, 0.15) is 28.2 Å². The van der Waals surface area contributed by atoms with E-state index in [4.69, 9.17) is 4.74 Å². The van der Waals surface area contributed by atoms with Crippen molar-refractivity contribution < 1.29 is 27.1 Å². The standard InChI is InChI=1S/C27H30F4N6O2/c1-32-26(38)17-8-9-21(24(14-17)39-3)33-11-4-6-20-23(15-27(29,30)31)37-12-5-7-22(25(37)35-20)34-19-10-13-36(2)16-18(19)28/h5,7-9,12,14,18-19,33-34H,10-11,13,15-16H2,1-3H3,(H,32,38)/t18-,19+/m0/s1. The molecule has 12 heteroatoms. The Morgan fingerprint density at radius 1 is 1.26 bits per heavy atom. The number of imidazole rings is 1. The molecule has 3 aromatic rings. The molecular weight excluding hydrogens is 516 g/mol. The second-order valence-electron chi connectivity index (χ2n) is 9.28. The summed E-state index contributed by atoms with van der Waals surface area (Å²) < 4.78 is 61.8. The van der Waals surface area contributed by atoms with Crippen LogP contribution in [0.4, 0.5) is 28.9 Å². The summed E-state index contributed by atoms with van der Waals surface area (Å²) in [7, 11) is 4.83. The highest BCUT2D eigenvalue weighted by atomic mass is 19.4. The van der Waals surface area contributed by atoms with Crippen molar-refractivity contribution in [1.29, 1.82) is 0 Å². The number of halogens is 4. The first-order valence-electron chi connectivity index (χ1n) is 12.4. The number of carbonyl (C=O) groups is 1.